The van der Waals surface area contributed by atoms with Crippen LogP contribution in [0.2, 0.25) is 0 Å². The van der Waals surface area contributed by atoms with Crippen LogP contribution in [0.5, 0.6) is 0 Å². The van der Waals surface area contributed by atoms with E-state index in [0.29, 0.717) is 5.56 Å². The number of carbonyl (C=O) groups is 1. The van der Waals surface area contributed by atoms with Crippen molar-refractivity contribution in [3.63, 3.8) is 0 Å². The SMILES string of the molecule is CCc1cnn(-c2ccc(C=O)cc2)c1. The Balaban J connectivity index is 2.32. The average molecular weight is 200 g/mol. The second kappa shape index (κ2) is 4.09. The molecule has 0 aliphatic heterocycles. The third kappa shape index (κ3) is 1.96. The summed E-state index contributed by atoms with van der Waals surface area (Å²) in [6.45, 7) is 2.09. The molecular formula is C12H12N2O. The Labute approximate surface area is 88.4 Å². The summed E-state index contributed by atoms with van der Waals surface area (Å²) in [5, 5.41) is 4.24. The molecule has 0 radical (unpaired) electrons. The van der Waals surface area contributed by atoms with E-state index in [1.807, 2.05) is 29.2 Å². The van der Waals surface area contributed by atoms with Crippen LogP contribution in [0, 0.1) is 0 Å². The Morgan fingerprint density at radius 1 is 1.33 bits per heavy atom. The van der Waals surface area contributed by atoms with Crippen LogP contribution >= 0.6 is 0 Å². The molecule has 1 heterocycles. The van der Waals surface area contributed by atoms with Crippen molar-refractivity contribution in [3.8, 4) is 5.69 Å². The lowest BCUT2D eigenvalue weighted by Crippen LogP contribution is -1.94. The van der Waals surface area contributed by atoms with Gasteiger partial charge in [-0.05, 0) is 36.2 Å². The van der Waals surface area contributed by atoms with Gasteiger partial charge in [-0.2, -0.15) is 5.10 Å². The number of rotatable bonds is 3. The molecule has 15 heavy (non-hydrogen) atoms. The highest BCUT2D eigenvalue weighted by Crippen LogP contribution is 2.09. The molecule has 0 atom stereocenters. The number of nitrogens with zero attached hydrogens (tertiary/aromatic N) is 2. The smallest absolute Gasteiger partial charge is 0.150 e. The van der Waals surface area contributed by atoms with Gasteiger partial charge < -0.3 is 0 Å². The molecule has 0 unspecified atom stereocenters. The first-order valence-corrected chi connectivity index (χ1v) is 4.92. The number of aryl methyl sites for hydroxylation is 1. The molecule has 0 saturated carbocycles. The van der Waals surface area contributed by atoms with Gasteiger partial charge in [-0.25, -0.2) is 4.68 Å². The van der Waals surface area contributed by atoms with E-state index >= 15 is 0 Å². The summed E-state index contributed by atoms with van der Waals surface area (Å²) in [7, 11) is 0. The number of aldehydes is 1. The molecule has 0 fully saturated rings. The molecule has 2 aromatic rings. The van der Waals surface area contributed by atoms with E-state index < -0.39 is 0 Å². The zero-order valence-corrected chi connectivity index (χ0v) is 8.55. The van der Waals surface area contributed by atoms with Crippen molar-refractivity contribution in [1.29, 1.82) is 0 Å². The Morgan fingerprint density at radius 3 is 2.60 bits per heavy atom. The van der Waals surface area contributed by atoms with Crippen molar-refractivity contribution in [2.75, 3.05) is 0 Å². The summed E-state index contributed by atoms with van der Waals surface area (Å²) in [4.78, 5) is 10.5. The third-order valence-electron chi connectivity index (χ3n) is 2.34. The van der Waals surface area contributed by atoms with Gasteiger partial charge in [0.25, 0.3) is 0 Å². The van der Waals surface area contributed by atoms with E-state index in [9.17, 15) is 4.79 Å². The van der Waals surface area contributed by atoms with Crippen molar-refractivity contribution in [2.24, 2.45) is 0 Å². The van der Waals surface area contributed by atoms with Crippen LogP contribution in [-0.4, -0.2) is 16.1 Å². The topological polar surface area (TPSA) is 34.9 Å². The van der Waals surface area contributed by atoms with Crippen molar-refractivity contribution >= 4 is 6.29 Å². The van der Waals surface area contributed by atoms with Gasteiger partial charge in [0, 0.05) is 11.8 Å². The molecule has 0 bridgehead atoms. The molecule has 0 saturated heterocycles. The Bertz CT molecular complexity index is 457. The molecule has 1 aromatic carbocycles. The fourth-order valence-electron chi connectivity index (χ4n) is 1.39. The van der Waals surface area contributed by atoms with Crippen molar-refractivity contribution in [3.05, 3.63) is 47.8 Å². The first kappa shape index (κ1) is 9.65. The van der Waals surface area contributed by atoms with Crippen LogP contribution in [0.15, 0.2) is 36.7 Å². The van der Waals surface area contributed by atoms with Gasteiger partial charge in [-0.1, -0.05) is 6.92 Å². The number of carbonyl (C=O) groups excluding carboxylic acids is 1. The number of hydrogen-bond donors (Lipinski definition) is 0. The molecule has 3 heteroatoms. The molecule has 0 amide bonds. The fraction of sp³-hybridized carbons (Fsp3) is 0.167. The maximum absolute atomic E-state index is 10.5. The first-order chi connectivity index (χ1) is 7.33. The van der Waals surface area contributed by atoms with Crippen LogP contribution < -0.4 is 0 Å². The molecule has 0 aliphatic carbocycles. The number of hydrogen-bond acceptors (Lipinski definition) is 2. The normalized spacial score (nSPS) is 10.2. The maximum atomic E-state index is 10.5. The minimum absolute atomic E-state index is 0.682. The van der Waals surface area contributed by atoms with Crippen LogP contribution in [-0.2, 0) is 6.42 Å². The lowest BCUT2D eigenvalue weighted by atomic mass is 10.2. The second-order valence-electron chi connectivity index (χ2n) is 3.36. The summed E-state index contributed by atoms with van der Waals surface area (Å²) in [6.07, 6.45) is 5.67. The van der Waals surface area contributed by atoms with Gasteiger partial charge in [0.15, 0.2) is 0 Å². The van der Waals surface area contributed by atoms with Gasteiger partial charge in [0.1, 0.15) is 6.29 Å². The third-order valence-corrected chi connectivity index (χ3v) is 2.34. The number of benzene rings is 1. The molecule has 2 rings (SSSR count). The van der Waals surface area contributed by atoms with Gasteiger partial charge in [0.2, 0.25) is 0 Å². The minimum atomic E-state index is 0.682. The van der Waals surface area contributed by atoms with E-state index in [2.05, 4.69) is 12.0 Å². The lowest BCUT2D eigenvalue weighted by Gasteiger charge is -2.00. The molecule has 3 nitrogen and oxygen atoms in total. The van der Waals surface area contributed by atoms with Gasteiger partial charge in [-0.3, -0.25) is 4.79 Å². The Morgan fingerprint density at radius 2 is 2.07 bits per heavy atom. The first-order valence-electron chi connectivity index (χ1n) is 4.92. The van der Waals surface area contributed by atoms with Gasteiger partial charge in [-0.15, -0.1) is 0 Å². The maximum Gasteiger partial charge on any atom is 0.150 e. The van der Waals surface area contributed by atoms with Crippen LogP contribution in [0.1, 0.15) is 22.8 Å². The predicted octanol–water partition coefficient (Wildman–Crippen LogP) is 2.25. The zero-order valence-electron chi connectivity index (χ0n) is 8.55. The van der Waals surface area contributed by atoms with E-state index in [1.165, 1.54) is 5.56 Å². The van der Waals surface area contributed by atoms with Crippen LogP contribution in [0.3, 0.4) is 0 Å². The predicted molar refractivity (Wildman–Crippen MR) is 58.3 cm³/mol. The number of aromatic nitrogens is 2. The van der Waals surface area contributed by atoms with Crippen molar-refractivity contribution < 1.29 is 4.79 Å². The molecule has 0 aliphatic rings. The molecule has 76 valence electrons. The highest BCUT2D eigenvalue weighted by Gasteiger charge is 1.99. The largest absolute Gasteiger partial charge is 0.298 e. The van der Waals surface area contributed by atoms with E-state index in [4.69, 9.17) is 0 Å². The van der Waals surface area contributed by atoms with E-state index in [0.717, 1.165) is 18.4 Å². The highest BCUT2D eigenvalue weighted by atomic mass is 16.1. The Hall–Kier alpha value is -1.90. The molecular weight excluding hydrogens is 188 g/mol. The summed E-state index contributed by atoms with van der Waals surface area (Å²) >= 11 is 0. The molecule has 0 spiro atoms. The standard InChI is InChI=1S/C12H12N2O/c1-2-10-7-13-14(8-10)12-5-3-11(9-15)4-6-12/h3-9H,2H2,1H3. The Kier molecular flexibility index (Phi) is 2.63. The highest BCUT2D eigenvalue weighted by molar-refractivity contribution is 5.75. The fourth-order valence-corrected chi connectivity index (χ4v) is 1.39. The van der Waals surface area contributed by atoms with Crippen LogP contribution in [0.25, 0.3) is 5.69 Å². The van der Waals surface area contributed by atoms with Crippen molar-refractivity contribution in [1.82, 2.24) is 9.78 Å². The zero-order chi connectivity index (χ0) is 10.7. The lowest BCUT2D eigenvalue weighted by molar-refractivity contribution is 0.112. The summed E-state index contributed by atoms with van der Waals surface area (Å²) in [6, 6.07) is 7.34. The van der Waals surface area contributed by atoms with Gasteiger partial charge >= 0.3 is 0 Å². The quantitative estimate of drug-likeness (QED) is 0.712. The summed E-state index contributed by atoms with van der Waals surface area (Å²) in [5.41, 5.74) is 2.86. The molecule has 1 aromatic heterocycles. The second-order valence-corrected chi connectivity index (χ2v) is 3.36. The van der Waals surface area contributed by atoms with Crippen molar-refractivity contribution in [2.45, 2.75) is 13.3 Å². The van der Waals surface area contributed by atoms with E-state index in [1.54, 1.807) is 12.1 Å². The average Bonchev–Trinajstić information content (AvgIpc) is 2.78. The summed E-state index contributed by atoms with van der Waals surface area (Å²) < 4.78 is 1.81. The van der Waals surface area contributed by atoms with E-state index in [-0.39, 0.29) is 0 Å². The molecule has 0 N–H and O–H groups in total. The van der Waals surface area contributed by atoms with Gasteiger partial charge in [0.05, 0.1) is 11.9 Å². The summed E-state index contributed by atoms with van der Waals surface area (Å²) in [5.74, 6) is 0. The monoisotopic (exact) mass is 200 g/mol. The minimum Gasteiger partial charge on any atom is -0.298 e. The van der Waals surface area contributed by atoms with Crippen LogP contribution in [0.4, 0.5) is 0 Å².